The minimum absolute atomic E-state index is 0.0750. The van der Waals surface area contributed by atoms with Crippen LogP contribution in [0.3, 0.4) is 0 Å². The molecule has 1 N–H and O–H groups in total. The van der Waals surface area contributed by atoms with Gasteiger partial charge in [-0.1, -0.05) is 24.3 Å². The molecule has 0 bridgehead atoms. The molecule has 0 aromatic heterocycles. The fraction of sp³-hybridized carbons (Fsp3) is 0.375. The van der Waals surface area contributed by atoms with Crippen LogP contribution in [0.1, 0.15) is 48.7 Å². The molecule has 0 saturated carbocycles. The number of nitrogens with zero attached hydrogens (tertiary/aromatic N) is 3. The molecule has 4 rings (SSSR count). The van der Waals surface area contributed by atoms with E-state index in [9.17, 15) is 22.8 Å². The Morgan fingerprint density at radius 2 is 1.76 bits per heavy atom. The standard InChI is InChI=1S/C24H28N4O5S/c1-16(17-9-11-18(12-10-17)34(32,33)26(3)4)25-21(29)15-27-23(31)19-7-5-6-8-20(19)28-22(30)13-14-24(27,28)2/h5-12,16H,13-15H2,1-4H3,(H,25,29). The van der Waals surface area contributed by atoms with Gasteiger partial charge in [0.1, 0.15) is 12.2 Å². The molecule has 2 aliphatic heterocycles. The molecule has 3 amide bonds. The van der Waals surface area contributed by atoms with E-state index in [4.69, 9.17) is 0 Å². The Morgan fingerprint density at radius 1 is 1.12 bits per heavy atom. The Kier molecular flexibility index (Phi) is 5.99. The van der Waals surface area contributed by atoms with Crippen molar-refractivity contribution >= 4 is 33.4 Å². The number of sulfonamides is 1. The predicted octanol–water partition coefficient (Wildman–Crippen LogP) is 2.11. The molecule has 2 aromatic rings. The van der Waals surface area contributed by atoms with Gasteiger partial charge in [0.15, 0.2) is 0 Å². The Bertz CT molecular complexity index is 1260. The number of carbonyl (C=O) groups is 3. The van der Waals surface area contributed by atoms with Crippen LogP contribution in [0.2, 0.25) is 0 Å². The van der Waals surface area contributed by atoms with Crippen LogP contribution in [-0.4, -0.2) is 61.6 Å². The summed E-state index contributed by atoms with van der Waals surface area (Å²) in [4.78, 5) is 42.2. The lowest BCUT2D eigenvalue weighted by Gasteiger charge is -2.48. The number of hydrogen-bond donors (Lipinski definition) is 1. The van der Waals surface area contributed by atoms with E-state index >= 15 is 0 Å². The van der Waals surface area contributed by atoms with E-state index in [0.29, 0.717) is 24.1 Å². The summed E-state index contributed by atoms with van der Waals surface area (Å²) < 4.78 is 25.7. The van der Waals surface area contributed by atoms with E-state index in [-0.39, 0.29) is 29.2 Å². The van der Waals surface area contributed by atoms with Gasteiger partial charge in [-0.2, -0.15) is 0 Å². The summed E-state index contributed by atoms with van der Waals surface area (Å²) >= 11 is 0. The van der Waals surface area contributed by atoms with Gasteiger partial charge >= 0.3 is 0 Å². The fourth-order valence-corrected chi connectivity index (χ4v) is 5.50. The minimum atomic E-state index is -3.54. The van der Waals surface area contributed by atoms with E-state index in [2.05, 4.69) is 5.32 Å². The molecular formula is C24H28N4O5S. The van der Waals surface area contributed by atoms with Gasteiger partial charge in [0.25, 0.3) is 5.91 Å². The number of carbonyl (C=O) groups excluding carboxylic acids is 3. The van der Waals surface area contributed by atoms with Gasteiger partial charge in [-0.3, -0.25) is 19.3 Å². The summed E-state index contributed by atoms with van der Waals surface area (Å²) in [7, 11) is -0.614. The SMILES string of the molecule is CC(NC(=O)CN1C(=O)c2ccccc2N2C(=O)CCC12C)c1ccc(S(=O)(=O)N(C)C)cc1. The van der Waals surface area contributed by atoms with E-state index < -0.39 is 21.7 Å². The topological polar surface area (TPSA) is 107 Å². The van der Waals surface area contributed by atoms with Crippen molar-refractivity contribution in [2.45, 2.75) is 43.3 Å². The Morgan fingerprint density at radius 3 is 2.41 bits per heavy atom. The molecule has 2 aliphatic rings. The Labute approximate surface area is 199 Å². The second-order valence-electron chi connectivity index (χ2n) is 9.00. The molecule has 34 heavy (non-hydrogen) atoms. The maximum Gasteiger partial charge on any atom is 0.258 e. The molecule has 1 saturated heterocycles. The lowest BCUT2D eigenvalue weighted by Crippen LogP contribution is -2.63. The van der Waals surface area contributed by atoms with Crippen LogP contribution >= 0.6 is 0 Å². The number of nitrogens with one attached hydrogen (secondary N) is 1. The monoisotopic (exact) mass is 484 g/mol. The van der Waals surface area contributed by atoms with E-state index in [0.717, 1.165) is 9.87 Å². The predicted molar refractivity (Wildman–Crippen MR) is 126 cm³/mol. The third-order valence-corrected chi connectivity index (χ3v) is 8.41. The number of para-hydroxylation sites is 1. The van der Waals surface area contributed by atoms with Gasteiger partial charge in [0.05, 0.1) is 22.2 Å². The Balaban J connectivity index is 1.52. The number of amides is 3. The number of benzene rings is 2. The fourth-order valence-electron chi connectivity index (χ4n) is 4.59. The molecule has 2 heterocycles. The summed E-state index contributed by atoms with van der Waals surface area (Å²) in [5, 5.41) is 2.88. The second kappa shape index (κ2) is 8.52. The summed E-state index contributed by atoms with van der Waals surface area (Å²) in [6.07, 6.45) is 0.741. The first kappa shape index (κ1) is 23.9. The van der Waals surface area contributed by atoms with Gasteiger partial charge in [-0.15, -0.1) is 0 Å². The summed E-state index contributed by atoms with van der Waals surface area (Å²) in [5.41, 5.74) is 0.792. The van der Waals surface area contributed by atoms with Crippen molar-refractivity contribution in [3.05, 3.63) is 59.7 Å². The summed E-state index contributed by atoms with van der Waals surface area (Å²) in [6, 6.07) is 12.9. The lowest BCUT2D eigenvalue weighted by atomic mass is 9.98. The third kappa shape index (κ3) is 3.86. The van der Waals surface area contributed by atoms with Gasteiger partial charge in [0, 0.05) is 20.5 Å². The molecule has 9 nitrogen and oxygen atoms in total. The van der Waals surface area contributed by atoms with Crippen molar-refractivity contribution < 1.29 is 22.8 Å². The minimum Gasteiger partial charge on any atom is -0.348 e. The van der Waals surface area contributed by atoms with Gasteiger partial charge in [-0.05, 0) is 50.1 Å². The number of hydrogen-bond acceptors (Lipinski definition) is 5. The molecule has 0 spiro atoms. The highest BCUT2D eigenvalue weighted by Crippen LogP contribution is 2.43. The van der Waals surface area contributed by atoms with Crippen molar-refractivity contribution in [3.63, 3.8) is 0 Å². The van der Waals surface area contributed by atoms with Crippen LogP contribution in [0.15, 0.2) is 53.4 Å². The largest absolute Gasteiger partial charge is 0.348 e. The zero-order valence-electron chi connectivity index (χ0n) is 19.6. The van der Waals surface area contributed by atoms with Crippen molar-refractivity contribution in [3.8, 4) is 0 Å². The van der Waals surface area contributed by atoms with Crippen LogP contribution in [0, 0.1) is 0 Å². The quantitative estimate of drug-likeness (QED) is 0.676. The highest BCUT2D eigenvalue weighted by molar-refractivity contribution is 7.89. The van der Waals surface area contributed by atoms with Crippen molar-refractivity contribution in [2.24, 2.45) is 0 Å². The van der Waals surface area contributed by atoms with Crippen LogP contribution < -0.4 is 10.2 Å². The Hall–Kier alpha value is -3.24. The molecular weight excluding hydrogens is 456 g/mol. The van der Waals surface area contributed by atoms with Crippen LogP contribution in [0.4, 0.5) is 5.69 Å². The molecule has 0 aliphatic carbocycles. The maximum absolute atomic E-state index is 13.3. The highest BCUT2D eigenvalue weighted by Gasteiger charge is 2.53. The lowest BCUT2D eigenvalue weighted by molar-refractivity contribution is -0.124. The van der Waals surface area contributed by atoms with Crippen molar-refractivity contribution in [1.29, 1.82) is 0 Å². The van der Waals surface area contributed by atoms with Gasteiger partial charge in [-0.25, -0.2) is 12.7 Å². The maximum atomic E-state index is 13.3. The molecule has 10 heteroatoms. The van der Waals surface area contributed by atoms with Crippen LogP contribution in [0.25, 0.3) is 0 Å². The molecule has 2 atom stereocenters. The van der Waals surface area contributed by atoms with Gasteiger partial charge < -0.3 is 10.2 Å². The molecule has 2 unspecified atom stereocenters. The first-order chi connectivity index (χ1) is 16.0. The van der Waals surface area contributed by atoms with Gasteiger partial charge in [0.2, 0.25) is 21.8 Å². The van der Waals surface area contributed by atoms with Crippen LogP contribution in [-0.2, 0) is 19.6 Å². The van der Waals surface area contributed by atoms with Crippen molar-refractivity contribution in [1.82, 2.24) is 14.5 Å². The van der Waals surface area contributed by atoms with Crippen LogP contribution in [0.5, 0.6) is 0 Å². The normalized spacial score (nSPS) is 20.9. The second-order valence-corrected chi connectivity index (χ2v) is 11.2. The highest BCUT2D eigenvalue weighted by atomic mass is 32.2. The zero-order valence-corrected chi connectivity index (χ0v) is 20.4. The average Bonchev–Trinajstić information content (AvgIpc) is 3.11. The smallest absolute Gasteiger partial charge is 0.258 e. The molecule has 180 valence electrons. The molecule has 0 radical (unpaired) electrons. The van der Waals surface area contributed by atoms with Crippen molar-refractivity contribution in [2.75, 3.05) is 25.5 Å². The van der Waals surface area contributed by atoms with E-state index in [1.54, 1.807) is 48.2 Å². The first-order valence-corrected chi connectivity index (χ1v) is 12.5. The molecule has 1 fully saturated rings. The molecule has 2 aromatic carbocycles. The number of rotatable bonds is 6. The van der Waals surface area contributed by atoms with E-state index in [1.165, 1.54) is 31.1 Å². The first-order valence-electron chi connectivity index (χ1n) is 11.0. The number of anilines is 1. The third-order valence-electron chi connectivity index (χ3n) is 6.58. The summed E-state index contributed by atoms with van der Waals surface area (Å²) in [5.74, 6) is -0.732. The zero-order chi connectivity index (χ0) is 24.8. The van der Waals surface area contributed by atoms with E-state index in [1.807, 2.05) is 6.92 Å². The summed E-state index contributed by atoms with van der Waals surface area (Å²) in [6.45, 7) is 3.39. The number of fused-ring (bicyclic) bond motifs is 3. The average molecular weight is 485 g/mol.